The van der Waals surface area contributed by atoms with E-state index in [4.69, 9.17) is 15.5 Å². The molecule has 0 saturated carbocycles. The molecule has 1 aromatic rings. The number of nitrogens with zero attached hydrogens (tertiary/aromatic N) is 1. The van der Waals surface area contributed by atoms with Gasteiger partial charge in [0, 0.05) is 6.54 Å². The van der Waals surface area contributed by atoms with Crippen LogP contribution in [0, 0.1) is 5.41 Å². The fourth-order valence-corrected chi connectivity index (χ4v) is 3.22. The van der Waals surface area contributed by atoms with Crippen molar-refractivity contribution < 1.29 is 9.53 Å². The smallest absolute Gasteiger partial charge is 0.250 e. The van der Waals surface area contributed by atoms with Gasteiger partial charge < -0.3 is 10.5 Å². The van der Waals surface area contributed by atoms with Crippen LogP contribution in [-0.2, 0) is 10.5 Å². The Morgan fingerprint density at radius 3 is 2.70 bits per heavy atom. The van der Waals surface area contributed by atoms with E-state index < -0.39 is 11.6 Å². The van der Waals surface area contributed by atoms with Crippen molar-refractivity contribution in [3.05, 3.63) is 35.2 Å². The molecule has 5 nitrogen and oxygen atoms in total. The topological polar surface area (TPSA) is 77.2 Å². The summed E-state index contributed by atoms with van der Waals surface area (Å²) >= 11 is 0. The van der Waals surface area contributed by atoms with E-state index in [0.29, 0.717) is 23.3 Å². The van der Waals surface area contributed by atoms with E-state index >= 15 is 0 Å². The first-order valence-corrected chi connectivity index (χ1v) is 8.20. The number of rotatable bonds is 3. The molecule has 23 heavy (non-hydrogen) atoms. The largest absolute Gasteiger partial charge is 0.366 e. The zero-order valence-corrected chi connectivity index (χ0v) is 14.1. The fourth-order valence-electron chi connectivity index (χ4n) is 3.22. The van der Waals surface area contributed by atoms with E-state index in [0.717, 1.165) is 37.1 Å². The lowest BCUT2D eigenvalue weighted by atomic mass is 9.77. The average molecular weight is 315 g/mol. The molecule has 0 radical (unpaired) electrons. The van der Waals surface area contributed by atoms with E-state index in [2.05, 4.69) is 25.2 Å². The van der Waals surface area contributed by atoms with Crippen molar-refractivity contribution in [3.8, 4) is 0 Å². The third-order valence-electron chi connectivity index (χ3n) is 4.88. The number of pyridine rings is 1. The molecule has 2 heterocycles. The molecule has 0 spiro atoms. The number of amides is 1. The van der Waals surface area contributed by atoms with Crippen molar-refractivity contribution in [2.45, 2.75) is 45.8 Å². The van der Waals surface area contributed by atoms with Gasteiger partial charge in [-0.3, -0.25) is 10.1 Å². The minimum Gasteiger partial charge on any atom is -0.366 e. The molecule has 3 rings (SSSR count). The molecule has 0 aromatic carbocycles. The van der Waals surface area contributed by atoms with Gasteiger partial charge in [-0.05, 0) is 49.3 Å². The number of ether oxygens (including phenoxy) is 1. The Hall–Kier alpha value is -1.72. The van der Waals surface area contributed by atoms with Crippen LogP contribution >= 0.6 is 0 Å². The van der Waals surface area contributed by atoms with Crippen LogP contribution < -0.4 is 11.1 Å². The SMILES string of the molecule is CC1(C)CC=C(c2nc(C3(C)NCCO3)ccc2C(N)=O)CC1. The van der Waals surface area contributed by atoms with Crippen molar-refractivity contribution >= 4 is 11.5 Å². The summed E-state index contributed by atoms with van der Waals surface area (Å²) in [4.78, 5) is 16.6. The number of aromatic nitrogens is 1. The number of nitrogens with one attached hydrogen (secondary N) is 1. The molecule has 1 saturated heterocycles. The molecule has 2 aliphatic rings. The second-order valence-electron chi connectivity index (χ2n) is 7.36. The highest BCUT2D eigenvalue weighted by atomic mass is 16.5. The second kappa shape index (κ2) is 5.73. The summed E-state index contributed by atoms with van der Waals surface area (Å²) in [6, 6.07) is 3.60. The van der Waals surface area contributed by atoms with Gasteiger partial charge in [0.1, 0.15) is 0 Å². The summed E-state index contributed by atoms with van der Waals surface area (Å²) in [5, 5.41) is 3.32. The summed E-state index contributed by atoms with van der Waals surface area (Å²) in [5.74, 6) is -0.435. The average Bonchev–Trinajstić information content (AvgIpc) is 2.95. The Labute approximate surface area is 137 Å². The van der Waals surface area contributed by atoms with Gasteiger partial charge in [0.05, 0.1) is 23.6 Å². The highest BCUT2D eigenvalue weighted by Gasteiger charge is 2.34. The Morgan fingerprint density at radius 1 is 1.35 bits per heavy atom. The van der Waals surface area contributed by atoms with Gasteiger partial charge >= 0.3 is 0 Å². The Morgan fingerprint density at radius 2 is 2.13 bits per heavy atom. The van der Waals surface area contributed by atoms with Crippen LogP contribution in [-0.4, -0.2) is 24.0 Å². The number of hydrogen-bond acceptors (Lipinski definition) is 4. The quantitative estimate of drug-likeness (QED) is 0.898. The van der Waals surface area contributed by atoms with Crippen molar-refractivity contribution in [2.24, 2.45) is 11.1 Å². The zero-order valence-electron chi connectivity index (χ0n) is 14.1. The predicted molar refractivity (Wildman–Crippen MR) is 89.7 cm³/mol. The van der Waals surface area contributed by atoms with Gasteiger partial charge in [0.15, 0.2) is 5.72 Å². The number of carbonyl (C=O) groups is 1. The number of allylic oxidation sites excluding steroid dienone is 2. The number of hydrogen-bond donors (Lipinski definition) is 2. The first-order chi connectivity index (χ1) is 10.8. The molecule has 1 aliphatic heterocycles. The van der Waals surface area contributed by atoms with Crippen molar-refractivity contribution in [2.75, 3.05) is 13.2 Å². The van der Waals surface area contributed by atoms with Crippen LogP contribution in [0.4, 0.5) is 0 Å². The summed E-state index contributed by atoms with van der Waals surface area (Å²) in [5.41, 5.74) is 8.37. The lowest BCUT2D eigenvalue weighted by Crippen LogP contribution is -2.36. The monoisotopic (exact) mass is 315 g/mol. The third kappa shape index (κ3) is 3.16. The first-order valence-electron chi connectivity index (χ1n) is 8.20. The summed E-state index contributed by atoms with van der Waals surface area (Å²) < 4.78 is 5.79. The number of primary amides is 1. The molecule has 0 bridgehead atoms. The van der Waals surface area contributed by atoms with Crippen LogP contribution in [0.15, 0.2) is 18.2 Å². The van der Waals surface area contributed by atoms with Crippen molar-refractivity contribution in [3.63, 3.8) is 0 Å². The molecular weight excluding hydrogens is 290 g/mol. The molecule has 3 N–H and O–H groups in total. The maximum Gasteiger partial charge on any atom is 0.250 e. The Balaban J connectivity index is 2.03. The molecule has 1 aromatic heterocycles. The normalized spacial score (nSPS) is 26.8. The van der Waals surface area contributed by atoms with Crippen LogP contribution in [0.5, 0.6) is 0 Å². The highest BCUT2D eigenvalue weighted by Crippen LogP contribution is 2.38. The molecule has 1 atom stereocenters. The van der Waals surface area contributed by atoms with E-state index in [1.165, 1.54) is 0 Å². The van der Waals surface area contributed by atoms with Gasteiger partial charge in [-0.1, -0.05) is 19.9 Å². The predicted octanol–water partition coefficient (Wildman–Crippen LogP) is 2.57. The van der Waals surface area contributed by atoms with E-state index in [1.807, 2.05) is 13.0 Å². The van der Waals surface area contributed by atoms with Crippen molar-refractivity contribution in [1.29, 1.82) is 0 Å². The molecule has 5 heteroatoms. The number of carbonyl (C=O) groups excluding carboxylic acids is 1. The van der Waals surface area contributed by atoms with Gasteiger partial charge in [-0.25, -0.2) is 4.98 Å². The van der Waals surface area contributed by atoms with Crippen LogP contribution in [0.1, 0.15) is 61.8 Å². The Bertz CT molecular complexity index is 658. The van der Waals surface area contributed by atoms with Gasteiger partial charge in [0.25, 0.3) is 5.91 Å². The van der Waals surface area contributed by atoms with Crippen LogP contribution in [0.25, 0.3) is 5.57 Å². The lowest BCUT2D eigenvalue weighted by molar-refractivity contribution is -0.00127. The standard InChI is InChI=1S/C18H25N3O2/c1-17(2)8-6-12(7-9-17)15-13(16(19)22)4-5-14(21-15)18(3)20-10-11-23-18/h4-6,20H,7-11H2,1-3H3,(H2,19,22). The summed E-state index contributed by atoms with van der Waals surface area (Å²) in [6.45, 7) is 7.94. The molecule has 1 amide bonds. The van der Waals surface area contributed by atoms with Crippen molar-refractivity contribution in [1.82, 2.24) is 10.3 Å². The highest BCUT2D eigenvalue weighted by molar-refractivity contribution is 5.97. The number of nitrogens with two attached hydrogens (primary N) is 1. The van der Waals surface area contributed by atoms with Crippen LogP contribution in [0.2, 0.25) is 0 Å². The molecule has 1 fully saturated rings. The maximum absolute atomic E-state index is 11.8. The summed E-state index contributed by atoms with van der Waals surface area (Å²) in [7, 11) is 0. The Kier molecular flexibility index (Phi) is 4.02. The molecule has 1 unspecified atom stereocenters. The first kappa shape index (κ1) is 16.1. The zero-order chi connectivity index (χ0) is 16.7. The lowest BCUT2D eigenvalue weighted by Gasteiger charge is -2.29. The molecule has 1 aliphatic carbocycles. The van der Waals surface area contributed by atoms with Crippen LogP contribution in [0.3, 0.4) is 0 Å². The van der Waals surface area contributed by atoms with E-state index in [9.17, 15) is 4.79 Å². The molecular formula is C18H25N3O2. The third-order valence-corrected chi connectivity index (χ3v) is 4.88. The van der Waals surface area contributed by atoms with E-state index in [-0.39, 0.29) is 0 Å². The van der Waals surface area contributed by atoms with Gasteiger partial charge in [0.2, 0.25) is 0 Å². The minimum atomic E-state index is -0.598. The van der Waals surface area contributed by atoms with E-state index in [1.54, 1.807) is 6.07 Å². The summed E-state index contributed by atoms with van der Waals surface area (Å²) in [6.07, 6.45) is 5.18. The minimum absolute atomic E-state index is 0.302. The second-order valence-corrected chi connectivity index (χ2v) is 7.36. The van der Waals surface area contributed by atoms with Gasteiger partial charge in [-0.2, -0.15) is 0 Å². The maximum atomic E-state index is 11.8. The fraction of sp³-hybridized carbons (Fsp3) is 0.556. The molecule has 124 valence electrons. The van der Waals surface area contributed by atoms with Gasteiger partial charge in [-0.15, -0.1) is 0 Å².